The first kappa shape index (κ1) is 13.3. The summed E-state index contributed by atoms with van der Waals surface area (Å²) in [4.78, 5) is 2.56. The Morgan fingerprint density at radius 2 is 2.12 bits per heavy atom. The van der Waals surface area contributed by atoms with E-state index in [1.807, 2.05) is 0 Å². The van der Waals surface area contributed by atoms with Crippen molar-refractivity contribution in [3.8, 4) is 5.75 Å². The van der Waals surface area contributed by atoms with Crippen molar-refractivity contribution in [3.63, 3.8) is 0 Å². The number of hydrogen-bond donors (Lipinski definition) is 3. The molecule has 0 amide bonds. The van der Waals surface area contributed by atoms with Crippen molar-refractivity contribution in [1.82, 2.24) is 0 Å². The van der Waals surface area contributed by atoms with Crippen LogP contribution in [0, 0.1) is 6.92 Å². The lowest BCUT2D eigenvalue weighted by atomic mass is 10.0. The van der Waals surface area contributed by atoms with Crippen LogP contribution in [-0.4, -0.2) is 28.0 Å². The van der Waals surface area contributed by atoms with Crippen LogP contribution in [0.25, 0.3) is 10.4 Å². The fourth-order valence-corrected chi connectivity index (χ4v) is 1.43. The molecule has 0 radical (unpaired) electrons. The van der Waals surface area contributed by atoms with E-state index in [9.17, 15) is 15.3 Å². The van der Waals surface area contributed by atoms with Gasteiger partial charge in [-0.15, -0.1) is 0 Å². The minimum atomic E-state index is -1.10. The molecule has 3 N–H and O–H groups in total. The summed E-state index contributed by atoms with van der Waals surface area (Å²) in [6.07, 6.45) is -1.96. The lowest BCUT2D eigenvalue weighted by molar-refractivity contribution is 0.0149. The number of hydrogen-bond acceptors (Lipinski definition) is 4. The van der Waals surface area contributed by atoms with Gasteiger partial charge < -0.3 is 15.3 Å². The zero-order valence-corrected chi connectivity index (χ0v) is 9.48. The number of phenolic OH excluding ortho intramolecular Hbond substituents is 1. The van der Waals surface area contributed by atoms with Gasteiger partial charge in [0, 0.05) is 11.5 Å². The number of phenols is 1. The van der Waals surface area contributed by atoms with Gasteiger partial charge in [0.25, 0.3) is 0 Å². The zero-order chi connectivity index (χ0) is 12.8. The Kier molecular flexibility index (Phi) is 4.78. The molecule has 0 saturated carbocycles. The van der Waals surface area contributed by atoms with Crippen LogP contribution in [0.1, 0.15) is 23.7 Å². The van der Waals surface area contributed by atoms with E-state index in [1.54, 1.807) is 19.1 Å². The van der Waals surface area contributed by atoms with Gasteiger partial charge in [-0.2, -0.15) is 0 Å². The van der Waals surface area contributed by atoms with Crippen molar-refractivity contribution in [2.24, 2.45) is 5.11 Å². The first-order valence-corrected chi connectivity index (χ1v) is 5.22. The molecule has 1 aromatic carbocycles. The van der Waals surface area contributed by atoms with Gasteiger partial charge in [0.1, 0.15) is 11.9 Å². The third kappa shape index (κ3) is 3.64. The fraction of sp³-hybridized carbons (Fsp3) is 0.455. The van der Waals surface area contributed by atoms with Crippen LogP contribution in [0.15, 0.2) is 23.3 Å². The Bertz CT molecular complexity index is 430. The SMILES string of the molecule is Cc1ccc(C(O)C(O)CCN=[N+]=[N-])cc1O. The highest BCUT2D eigenvalue weighted by Gasteiger charge is 2.18. The summed E-state index contributed by atoms with van der Waals surface area (Å²) in [5.74, 6) is 0.0730. The van der Waals surface area contributed by atoms with Gasteiger partial charge in [0.15, 0.2) is 0 Å². The number of aliphatic hydroxyl groups is 2. The molecule has 6 heteroatoms. The third-order valence-corrected chi connectivity index (χ3v) is 2.53. The van der Waals surface area contributed by atoms with Gasteiger partial charge in [-0.3, -0.25) is 0 Å². The van der Waals surface area contributed by atoms with E-state index in [0.29, 0.717) is 11.1 Å². The molecule has 0 spiro atoms. The van der Waals surface area contributed by atoms with E-state index >= 15 is 0 Å². The van der Waals surface area contributed by atoms with Gasteiger partial charge in [0.05, 0.1) is 6.10 Å². The second-order valence-electron chi connectivity index (χ2n) is 3.80. The van der Waals surface area contributed by atoms with Gasteiger partial charge in [0.2, 0.25) is 0 Å². The molecule has 0 aliphatic rings. The van der Waals surface area contributed by atoms with E-state index < -0.39 is 12.2 Å². The topological polar surface area (TPSA) is 109 Å². The zero-order valence-electron chi connectivity index (χ0n) is 9.48. The number of aromatic hydroxyl groups is 1. The highest BCUT2D eigenvalue weighted by molar-refractivity contribution is 5.36. The van der Waals surface area contributed by atoms with Gasteiger partial charge >= 0.3 is 0 Å². The number of benzene rings is 1. The summed E-state index contributed by atoms with van der Waals surface area (Å²) in [5, 5.41) is 32.2. The molecule has 0 aromatic heterocycles. The summed E-state index contributed by atoms with van der Waals surface area (Å²) in [7, 11) is 0. The number of aryl methyl sites for hydroxylation is 1. The fourth-order valence-electron chi connectivity index (χ4n) is 1.43. The largest absolute Gasteiger partial charge is 0.508 e. The first-order valence-electron chi connectivity index (χ1n) is 5.22. The Balaban J connectivity index is 2.70. The van der Waals surface area contributed by atoms with Crippen molar-refractivity contribution in [1.29, 1.82) is 0 Å². The Hall–Kier alpha value is -1.75. The van der Waals surface area contributed by atoms with Crippen molar-refractivity contribution < 1.29 is 15.3 Å². The molecule has 0 aliphatic heterocycles. The molecule has 0 bridgehead atoms. The van der Waals surface area contributed by atoms with Crippen molar-refractivity contribution >= 4 is 0 Å². The van der Waals surface area contributed by atoms with Crippen molar-refractivity contribution in [2.45, 2.75) is 25.6 Å². The standard InChI is InChI=1S/C11H15N3O3/c1-7-2-3-8(6-10(7)16)11(17)9(15)4-5-13-14-12/h2-3,6,9,11,15-17H,4-5H2,1H3. The van der Waals surface area contributed by atoms with Crippen molar-refractivity contribution in [2.75, 3.05) is 6.54 Å². The van der Waals surface area contributed by atoms with E-state index in [1.165, 1.54) is 6.07 Å². The van der Waals surface area contributed by atoms with Crippen LogP contribution >= 0.6 is 0 Å². The Morgan fingerprint density at radius 1 is 1.41 bits per heavy atom. The van der Waals surface area contributed by atoms with E-state index in [4.69, 9.17) is 5.53 Å². The van der Waals surface area contributed by atoms with E-state index in [2.05, 4.69) is 10.0 Å². The van der Waals surface area contributed by atoms with Crippen LogP contribution in [-0.2, 0) is 0 Å². The third-order valence-electron chi connectivity index (χ3n) is 2.53. The molecule has 92 valence electrons. The first-order chi connectivity index (χ1) is 8.06. The maximum atomic E-state index is 9.81. The number of aliphatic hydroxyl groups excluding tert-OH is 2. The summed E-state index contributed by atoms with van der Waals surface area (Å²) in [6.45, 7) is 1.86. The molecule has 1 rings (SSSR count). The van der Waals surface area contributed by atoms with E-state index in [0.717, 1.165) is 0 Å². The average molecular weight is 237 g/mol. The highest BCUT2D eigenvalue weighted by atomic mass is 16.3. The predicted molar refractivity (Wildman–Crippen MR) is 62.4 cm³/mol. The quantitative estimate of drug-likeness (QED) is 0.412. The molecule has 0 fully saturated rings. The minimum Gasteiger partial charge on any atom is -0.508 e. The molecule has 17 heavy (non-hydrogen) atoms. The molecule has 2 atom stereocenters. The number of nitrogens with zero attached hydrogens (tertiary/aromatic N) is 3. The number of rotatable bonds is 5. The summed E-state index contributed by atoms with van der Waals surface area (Å²) >= 11 is 0. The van der Waals surface area contributed by atoms with E-state index in [-0.39, 0.29) is 18.7 Å². The Labute approximate surface area is 98.8 Å². The second kappa shape index (κ2) is 6.10. The van der Waals surface area contributed by atoms with Crippen LogP contribution < -0.4 is 0 Å². The van der Waals surface area contributed by atoms with Crippen molar-refractivity contribution in [3.05, 3.63) is 39.8 Å². The monoisotopic (exact) mass is 237 g/mol. The molecule has 1 aromatic rings. The minimum absolute atomic E-state index is 0.0730. The maximum absolute atomic E-state index is 9.81. The van der Waals surface area contributed by atoms with Crippen LogP contribution in [0.3, 0.4) is 0 Å². The lowest BCUT2D eigenvalue weighted by Gasteiger charge is -2.17. The average Bonchev–Trinajstić information content (AvgIpc) is 2.32. The highest BCUT2D eigenvalue weighted by Crippen LogP contribution is 2.25. The van der Waals surface area contributed by atoms with Crippen LogP contribution in [0.4, 0.5) is 0 Å². The molecule has 0 heterocycles. The molecular formula is C11H15N3O3. The second-order valence-corrected chi connectivity index (χ2v) is 3.80. The lowest BCUT2D eigenvalue weighted by Crippen LogP contribution is -2.19. The molecule has 0 saturated heterocycles. The Morgan fingerprint density at radius 3 is 2.71 bits per heavy atom. The molecule has 2 unspecified atom stereocenters. The van der Waals surface area contributed by atoms with Gasteiger partial charge in [-0.1, -0.05) is 17.2 Å². The molecule has 0 aliphatic carbocycles. The normalized spacial score (nSPS) is 13.8. The van der Waals surface area contributed by atoms with Gasteiger partial charge in [-0.25, -0.2) is 0 Å². The molecular weight excluding hydrogens is 222 g/mol. The maximum Gasteiger partial charge on any atom is 0.118 e. The predicted octanol–water partition coefficient (Wildman–Crippen LogP) is 1.80. The van der Waals surface area contributed by atoms with Crippen LogP contribution in [0.5, 0.6) is 5.75 Å². The summed E-state index contributed by atoms with van der Waals surface area (Å²) in [6, 6.07) is 4.71. The summed E-state index contributed by atoms with van der Waals surface area (Å²) in [5.41, 5.74) is 9.21. The van der Waals surface area contributed by atoms with Crippen LogP contribution in [0.2, 0.25) is 0 Å². The summed E-state index contributed by atoms with van der Waals surface area (Å²) < 4.78 is 0. The molecule has 6 nitrogen and oxygen atoms in total. The smallest absolute Gasteiger partial charge is 0.118 e. The van der Waals surface area contributed by atoms with Gasteiger partial charge in [-0.05, 0) is 36.1 Å². The number of azide groups is 1.